The molecule has 9 heteroatoms. The zero-order valence-electron chi connectivity index (χ0n) is 19.4. The molecule has 0 radical (unpaired) electrons. The van der Waals surface area contributed by atoms with E-state index >= 15 is 0 Å². The quantitative estimate of drug-likeness (QED) is 0.475. The molecule has 1 aliphatic rings. The molecule has 1 fully saturated rings. The third kappa shape index (κ3) is 5.99. The minimum atomic E-state index is -0.270. The van der Waals surface area contributed by atoms with Crippen molar-refractivity contribution in [3.63, 3.8) is 0 Å². The van der Waals surface area contributed by atoms with Crippen molar-refractivity contribution in [2.24, 2.45) is 10.7 Å². The fourth-order valence-corrected chi connectivity index (χ4v) is 3.73. The van der Waals surface area contributed by atoms with Crippen molar-refractivity contribution < 1.29 is 4.39 Å². The number of pyridine rings is 2. The highest BCUT2D eigenvalue weighted by molar-refractivity contribution is 6.10. The molecule has 0 unspecified atom stereocenters. The van der Waals surface area contributed by atoms with Crippen LogP contribution in [0.3, 0.4) is 0 Å². The highest BCUT2D eigenvalue weighted by Crippen LogP contribution is 2.22. The first kappa shape index (κ1) is 23.4. The first-order valence-corrected chi connectivity index (χ1v) is 11.4. The Labute approximate surface area is 198 Å². The van der Waals surface area contributed by atoms with E-state index in [-0.39, 0.29) is 5.83 Å². The van der Waals surface area contributed by atoms with Gasteiger partial charge in [0.05, 0.1) is 30.0 Å². The zero-order valence-corrected chi connectivity index (χ0v) is 19.4. The van der Waals surface area contributed by atoms with E-state index in [2.05, 4.69) is 49.2 Å². The Morgan fingerprint density at radius 3 is 2.76 bits per heavy atom. The maximum absolute atomic E-state index is 14.1. The lowest BCUT2D eigenvalue weighted by atomic mass is 10.1. The third-order valence-corrected chi connectivity index (χ3v) is 5.65. The van der Waals surface area contributed by atoms with E-state index in [4.69, 9.17) is 5.73 Å². The monoisotopic (exact) mass is 460 g/mol. The number of nitrogens with one attached hydrogen (secondary N) is 1. The van der Waals surface area contributed by atoms with E-state index in [0.29, 0.717) is 35.2 Å². The number of allylic oxidation sites excluding steroid dienone is 1. The minimum absolute atomic E-state index is 0.270. The van der Waals surface area contributed by atoms with Crippen LogP contribution in [-0.2, 0) is 0 Å². The number of hydrogen-bond acceptors (Lipinski definition) is 8. The van der Waals surface area contributed by atoms with Crippen LogP contribution in [0.5, 0.6) is 0 Å². The number of aromatic nitrogens is 4. The average molecular weight is 461 g/mol. The van der Waals surface area contributed by atoms with Crippen LogP contribution in [0.4, 0.5) is 16.0 Å². The lowest BCUT2D eigenvalue weighted by Gasteiger charge is -2.11. The Balaban J connectivity index is 1.50. The summed E-state index contributed by atoms with van der Waals surface area (Å²) in [5.41, 5.74) is 9.68. The van der Waals surface area contributed by atoms with Gasteiger partial charge in [-0.2, -0.15) is 5.10 Å². The van der Waals surface area contributed by atoms with Gasteiger partial charge < -0.3 is 11.1 Å². The number of nitrogens with two attached hydrogens (primary N) is 1. The van der Waals surface area contributed by atoms with E-state index in [1.54, 1.807) is 12.4 Å². The molecule has 3 aromatic rings. The molecule has 0 saturated carbocycles. The number of rotatable bonds is 8. The summed E-state index contributed by atoms with van der Waals surface area (Å²) in [6.07, 6.45) is 9.89. The maximum Gasteiger partial charge on any atom is 0.154 e. The fraction of sp³-hybridized carbons (Fsp3) is 0.320. The van der Waals surface area contributed by atoms with E-state index in [9.17, 15) is 4.39 Å². The van der Waals surface area contributed by atoms with Gasteiger partial charge in [-0.15, -0.1) is 5.10 Å². The van der Waals surface area contributed by atoms with E-state index in [0.717, 1.165) is 42.6 Å². The molecule has 176 valence electrons. The Morgan fingerprint density at radius 1 is 1.18 bits per heavy atom. The Bertz CT molecular complexity index is 1230. The number of halogens is 1. The van der Waals surface area contributed by atoms with Gasteiger partial charge in [-0.1, -0.05) is 13.8 Å². The molecule has 0 amide bonds. The summed E-state index contributed by atoms with van der Waals surface area (Å²) >= 11 is 0. The Hall–Kier alpha value is -3.72. The van der Waals surface area contributed by atoms with Crippen LogP contribution in [0, 0.1) is 0 Å². The SMILES string of the molecule is CC(C)c1cnnc(Nc2ccc3ncc(C(C=N/C=C(\F)CN4CCCC4)=CN)cc3n2)c1. The highest BCUT2D eigenvalue weighted by atomic mass is 19.1. The summed E-state index contributed by atoms with van der Waals surface area (Å²) in [5, 5.41) is 11.4. The standard InChI is InChI=1S/C25H29FN8/c1-17(2)18-10-25(33-30-14-18)32-24-6-5-22-23(31-24)9-19(13-29-22)20(11-27)12-28-15-21(26)16-34-7-3-4-8-34/h5-6,9-15,17H,3-4,7-8,16,27H2,1-2H3,(H,31,32,33)/b20-11?,21-15-,28-12?. The first-order chi connectivity index (χ1) is 16.5. The molecule has 8 nitrogen and oxygen atoms in total. The van der Waals surface area contributed by atoms with Gasteiger partial charge in [-0.05, 0) is 61.7 Å². The molecular weight excluding hydrogens is 431 g/mol. The number of hydrogen-bond donors (Lipinski definition) is 2. The molecule has 3 aromatic heterocycles. The minimum Gasteiger partial charge on any atom is -0.404 e. The number of aliphatic imine (C=N–C) groups is 1. The molecule has 0 aliphatic carbocycles. The van der Waals surface area contributed by atoms with Gasteiger partial charge in [0, 0.05) is 29.7 Å². The highest BCUT2D eigenvalue weighted by Gasteiger charge is 2.12. The predicted molar refractivity (Wildman–Crippen MR) is 134 cm³/mol. The zero-order chi connectivity index (χ0) is 23.9. The summed E-state index contributed by atoms with van der Waals surface area (Å²) in [7, 11) is 0. The van der Waals surface area contributed by atoms with Gasteiger partial charge >= 0.3 is 0 Å². The largest absolute Gasteiger partial charge is 0.404 e. The Kier molecular flexibility index (Phi) is 7.54. The molecule has 0 aromatic carbocycles. The summed E-state index contributed by atoms with van der Waals surface area (Å²) in [5.74, 6) is 1.33. The second-order valence-corrected chi connectivity index (χ2v) is 8.57. The van der Waals surface area contributed by atoms with Gasteiger partial charge in [0.1, 0.15) is 11.6 Å². The lowest BCUT2D eigenvalue weighted by Crippen LogP contribution is -2.20. The van der Waals surface area contributed by atoms with Crippen LogP contribution in [0.1, 0.15) is 43.7 Å². The van der Waals surface area contributed by atoms with Gasteiger partial charge in [-0.25, -0.2) is 9.37 Å². The topological polar surface area (TPSA) is 105 Å². The molecule has 4 heterocycles. The predicted octanol–water partition coefficient (Wildman–Crippen LogP) is 4.56. The number of fused-ring (bicyclic) bond motifs is 1. The van der Waals surface area contributed by atoms with E-state index < -0.39 is 0 Å². The molecule has 0 atom stereocenters. The molecule has 4 rings (SSSR count). The van der Waals surface area contributed by atoms with Gasteiger partial charge in [-0.3, -0.25) is 14.9 Å². The maximum atomic E-state index is 14.1. The second-order valence-electron chi connectivity index (χ2n) is 8.57. The summed E-state index contributed by atoms with van der Waals surface area (Å²) < 4.78 is 14.1. The second kappa shape index (κ2) is 10.9. The fourth-order valence-electron chi connectivity index (χ4n) is 3.73. The average Bonchev–Trinajstić information content (AvgIpc) is 3.34. The van der Waals surface area contributed by atoms with Crippen molar-refractivity contribution in [1.29, 1.82) is 0 Å². The van der Waals surface area contributed by atoms with Crippen LogP contribution in [-0.4, -0.2) is 50.9 Å². The van der Waals surface area contributed by atoms with Gasteiger partial charge in [0.25, 0.3) is 0 Å². The molecule has 34 heavy (non-hydrogen) atoms. The normalized spacial score (nSPS) is 15.6. The number of likely N-dealkylation sites (tertiary alicyclic amines) is 1. The van der Waals surface area contributed by atoms with E-state index in [1.807, 2.05) is 24.3 Å². The summed E-state index contributed by atoms with van der Waals surface area (Å²) in [6, 6.07) is 7.55. The van der Waals surface area contributed by atoms with Gasteiger partial charge in [0.15, 0.2) is 5.82 Å². The van der Waals surface area contributed by atoms with Crippen molar-refractivity contribution in [3.8, 4) is 0 Å². The van der Waals surface area contributed by atoms with Crippen molar-refractivity contribution in [1.82, 2.24) is 25.1 Å². The summed E-state index contributed by atoms with van der Waals surface area (Å²) in [4.78, 5) is 15.3. The third-order valence-electron chi connectivity index (χ3n) is 5.65. The van der Waals surface area contributed by atoms with Crippen molar-refractivity contribution in [2.45, 2.75) is 32.6 Å². The van der Waals surface area contributed by atoms with Crippen molar-refractivity contribution >= 4 is 34.5 Å². The smallest absolute Gasteiger partial charge is 0.154 e. The van der Waals surface area contributed by atoms with Crippen LogP contribution >= 0.6 is 0 Å². The van der Waals surface area contributed by atoms with Crippen LogP contribution in [0.2, 0.25) is 0 Å². The van der Waals surface area contributed by atoms with Crippen LogP contribution in [0.15, 0.2) is 59.9 Å². The molecule has 0 spiro atoms. The summed E-state index contributed by atoms with van der Waals surface area (Å²) in [6.45, 7) is 6.36. The van der Waals surface area contributed by atoms with Crippen LogP contribution in [0.25, 0.3) is 16.6 Å². The van der Waals surface area contributed by atoms with Gasteiger partial charge in [0.2, 0.25) is 0 Å². The molecule has 3 N–H and O–H groups in total. The molecule has 1 saturated heterocycles. The number of nitrogens with zero attached hydrogens (tertiary/aromatic N) is 6. The number of anilines is 2. The first-order valence-electron chi connectivity index (χ1n) is 11.4. The Morgan fingerprint density at radius 2 is 2.00 bits per heavy atom. The lowest BCUT2D eigenvalue weighted by molar-refractivity contribution is 0.339. The van der Waals surface area contributed by atoms with E-state index in [1.165, 1.54) is 18.6 Å². The molecular formula is C25H29FN8. The molecule has 0 bridgehead atoms. The van der Waals surface area contributed by atoms with Crippen molar-refractivity contribution in [3.05, 3.63) is 66.0 Å². The van der Waals surface area contributed by atoms with Crippen LogP contribution < -0.4 is 11.1 Å². The molecule has 1 aliphatic heterocycles. The van der Waals surface area contributed by atoms with Crippen molar-refractivity contribution in [2.75, 3.05) is 25.0 Å².